The first kappa shape index (κ1) is 16.0. The molecule has 0 unspecified atom stereocenters. The maximum atomic E-state index is 12.4. The lowest BCUT2D eigenvalue weighted by Gasteiger charge is -2.25. The SMILES string of the molecule is O=C(CCC1CCOCC1)N(CCO)Cc1ccccc1. The van der Waals surface area contributed by atoms with Crippen LogP contribution in [0.5, 0.6) is 0 Å². The Kier molecular flexibility index (Phi) is 6.70. The van der Waals surface area contributed by atoms with Crippen LogP contribution in [-0.2, 0) is 16.1 Å². The summed E-state index contributed by atoms with van der Waals surface area (Å²) in [4.78, 5) is 14.1. The van der Waals surface area contributed by atoms with E-state index in [1.807, 2.05) is 30.3 Å². The van der Waals surface area contributed by atoms with Crippen molar-refractivity contribution in [2.45, 2.75) is 32.2 Å². The first-order chi connectivity index (χ1) is 10.3. The first-order valence-corrected chi connectivity index (χ1v) is 7.80. The molecule has 1 saturated heterocycles. The highest BCUT2D eigenvalue weighted by Crippen LogP contribution is 2.20. The van der Waals surface area contributed by atoms with E-state index in [0.717, 1.165) is 38.0 Å². The van der Waals surface area contributed by atoms with Gasteiger partial charge < -0.3 is 14.7 Å². The second-order valence-electron chi connectivity index (χ2n) is 5.62. The van der Waals surface area contributed by atoms with Crippen LogP contribution < -0.4 is 0 Å². The molecule has 0 aliphatic carbocycles. The molecule has 4 nitrogen and oxygen atoms in total. The highest BCUT2D eigenvalue weighted by atomic mass is 16.5. The lowest BCUT2D eigenvalue weighted by molar-refractivity contribution is -0.132. The van der Waals surface area contributed by atoms with Crippen molar-refractivity contribution in [2.75, 3.05) is 26.4 Å². The molecule has 1 aliphatic heterocycles. The number of carbonyl (C=O) groups excluding carboxylic acids is 1. The Labute approximate surface area is 126 Å². The molecule has 0 saturated carbocycles. The predicted molar refractivity (Wildman–Crippen MR) is 81.7 cm³/mol. The second kappa shape index (κ2) is 8.80. The van der Waals surface area contributed by atoms with Gasteiger partial charge in [0.2, 0.25) is 5.91 Å². The van der Waals surface area contributed by atoms with E-state index >= 15 is 0 Å². The number of hydrogen-bond acceptors (Lipinski definition) is 3. The van der Waals surface area contributed by atoms with E-state index in [9.17, 15) is 9.90 Å². The number of ether oxygens (including phenoxy) is 1. The van der Waals surface area contributed by atoms with Gasteiger partial charge in [0.15, 0.2) is 0 Å². The molecule has 2 rings (SSSR count). The number of aliphatic hydroxyl groups excluding tert-OH is 1. The Morgan fingerprint density at radius 1 is 1.24 bits per heavy atom. The van der Waals surface area contributed by atoms with Crippen LogP contribution in [0.25, 0.3) is 0 Å². The highest BCUT2D eigenvalue weighted by Gasteiger charge is 2.18. The van der Waals surface area contributed by atoms with Gasteiger partial charge in [-0.15, -0.1) is 0 Å². The Balaban J connectivity index is 1.83. The third-order valence-electron chi connectivity index (χ3n) is 4.05. The van der Waals surface area contributed by atoms with Crippen molar-refractivity contribution in [2.24, 2.45) is 5.92 Å². The Morgan fingerprint density at radius 2 is 1.95 bits per heavy atom. The Hall–Kier alpha value is -1.39. The smallest absolute Gasteiger partial charge is 0.222 e. The summed E-state index contributed by atoms with van der Waals surface area (Å²) >= 11 is 0. The first-order valence-electron chi connectivity index (χ1n) is 7.80. The molecular weight excluding hydrogens is 266 g/mol. The van der Waals surface area contributed by atoms with Crippen LogP contribution in [0, 0.1) is 5.92 Å². The summed E-state index contributed by atoms with van der Waals surface area (Å²) in [7, 11) is 0. The van der Waals surface area contributed by atoms with E-state index in [0.29, 0.717) is 25.4 Å². The maximum absolute atomic E-state index is 12.4. The number of carbonyl (C=O) groups is 1. The lowest BCUT2D eigenvalue weighted by atomic mass is 9.94. The van der Waals surface area contributed by atoms with E-state index in [-0.39, 0.29) is 12.5 Å². The van der Waals surface area contributed by atoms with Gasteiger partial charge in [0.25, 0.3) is 0 Å². The zero-order valence-electron chi connectivity index (χ0n) is 12.5. The van der Waals surface area contributed by atoms with Gasteiger partial charge in [-0.05, 0) is 30.7 Å². The van der Waals surface area contributed by atoms with E-state index < -0.39 is 0 Å². The molecule has 0 spiro atoms. The molecule has 1 aromatic rings. The van der Waals surface area contributed by atoms with Crippen LogP contribution in [0.2, 0.25) is 0 Å². The molecule has 1 fully saturated rings. The third-order valence-corrected chi connectivity index (χ3v) is 4.05. The van der Waals surface area contributed by atoms with Gasteiger partial charge in [-0.2, -0.15) is 0 Å². The molecule has 0 radical (unpaired) electrons. The van der Waals surface area contributed by atoms with Crippen molar-refractivity contribution < 1.29 is 14.6 Å². The van der Waals surface area contributed by atoms with Gasteiger partial charge in [0.1, 0.15) is 0 Å². The van der Waals surface area contributed by atoms with Crippen LogP contribution in [0.4, 0.5) is 0 Å². The van der Waals surface area contributed by atoms with Crippen LogP contribution >= 0.6 is 0 Å². The maximum Gasteiger partial charge on any atom is 0.222 e. The number of nitrogens with zero attached hydrogens (tertiary/aromatic N) is 1. The van der Waals surface area contributed by atoms with Crippen molar-refractivity contribution in [1.29, 1.82) is 0 Å². The van der Waals surface area contributed by atoms with E-state index in [1.165, 1.54) is 0 Å². The third kappa shape index (κ3) is 5.48. The fourth-order valence-electron chi connectivity index (χ4n) is 2.74. The zero-order chi connectivity index (χ0) is 14.9. The minimum atomic E-state index is 0.00976. The van der Waals surface area contributed by atoms with Gasteiger partial charge in [0, 0.05) is 32.7 Å². The van der Waals surface area contributed by atoms with Gasteiger partial charge in [-0.25, -0.2) is 0 Å². The summed E-state index contributed by atoms with van der Waals surface area (Å²) in [5.74, 6) is 0.745. The summed E-state index contributed by atoms with van der Waals surface area (Å²) in [6, 6.07) is 9.93. The molecule has 0 aromatic heterocycles. The number of amides is 1. The number of aliphatic hydroxyl groups is 1. The van der Waals surface area contributed by atoms with Crippen molar-refractivity contribution >= 4 is 5.91 Å². The average Bonchev–Trinajstić information content (AvgIpc) is 2.54. The molecule has 21 heavy (non-hydrogen) atoms. The molecule has 1 N–H and O–H groups in total. The van der Waals surface area contributed by atoms with Gasteiger partial charge in [-0.3, -0.25) is 4.79 Å². The van der Waals surface area contributed by atoms with Crippen molar-refractivity contribution in [3.05, 3.63) is 35.9 Å². The van der Waals surface area contributed by atoms with Crippen molar-refractivity contribution in [3.8, 4) is 0 Å². The molecule has 1 aromatic carbocycles. The number of hydrogen-bond donors (Lipinski definition) is 1. The highest BCUT2D eigenvalue weighted by molar-refractivity contribution is 5.76. The minimum Gasteiger partial charge on any atom is -0.395 e. The number of benzene rings is 1. The molecule has 1 heterocycles. The van der Waals surface area contributed by atoms with E-state index in [1.54, 1.807) is 4.90 Å². The minimum absolute atomic E-state index is 0.00976. The van der Waals surface area contributed by atoms with Gasteiger partial charge in [-0.1, -0.05) is 30.3 Å². The van der Waals surface area contributed by atoms with Crippen molar-refractivity contribution in [1.82, 2.24) is 4.90 Å². The molecule has 0 bridgehead atoms. The van der Waals surface area contributed by atoms with E-state index in [4.69, 9.17) is 4.74 Å². The van der Waals surface area contributed by atoms with Gasteiger partial charge in [0.05, 0.1) is 6.61 Å². The molecule has 1 amide bonds. The molecule has 0 atom stereocenters. The van der Waals surface area contributed by atoms with E-state index in [2.05, 4.69) is 0 Å². The summed E-state index contributed by atoms with van der Waals surface area (Å²) in [6.07, 6.45) is 3.62. The lowest BCUT2D eigenvalue weighted by Crippen LogP contribution is -2.33. The summed E-state index contributed by atoms with van der Waals surface area (Å²) < 4.78 is 5.34. The summed E-state index contributed by atoms with van der Waals surface area (Å²) in [6.45, 7) is 2.64. The quantitative estimate of drug-likeness (QED) is 0.838. The fourth-order valence-corrected chi connectivity index (χ4v) is 2.74. The standard InChI is InChI=1S/C17H25NO3/c19-11-10-18(14-16-4-2-1-3-5-16)17(20)7-6-15-8-12-21-13-9-15/h1-5,15,19H,6-14H2. The van der Waals surface area contributed by atoms with Crippen molar-refractivity contribution in [3.63, 3.8) is 0 Å². The second-order valence-corrected chi connectivity index (χ2v) is 5.62. The molecular formula is C17H25NO3. The molecule has 4 heteroatoms. The Bertz CT molecular complexity index is 415. The van der Waals surface area contributed by atoms with Crippen LogP contribution in [-0.4, -0.2) is 42.3 Å². The average molecular weight is 291 g/mol. The van der Waals surface area contributed by atoms with Gasteiger partial charge >= 0.3 is 0 Å². The predicted octanol–water partition coefficient (Wildman–Crippen LogP) is 2.21. The van der Waals surface area contributed by atoms with Crippen LogP contribution in [0.1, 0.15) is 31.2 Å². The summed E-state index contributed by atoms with van der Waals surface area (Å²) in [5.41, 5.74) is 1.10. The monoisotopic (exact) mass is 291 g/mol. The largest absolute Gasteiger partial charge is 0.395 e. The topological polar surface area (TPSA) is 49.8 Å². The van der Waals surface area contributed by atoms with Crippen LogP contribution in [0.15, 0.2) is 30.3 Å². The number of rotatable bonds is 7. The zero-order valence-corrected chi connectivity index (χ0v) is 12.5. The normalized spacial score (nSPS) is 15.9. The summed E-state index contributed by atoms with van der Waals surface area (Å²) in [5, 5.41) is 9.17. The molecule has 116 valence electrons. The molecule has 1 aliphatic rings. The Morgan fingerprint density at radius 3 is 2.62 bits per heavy atom. The van der Waals surface area contributed by atoms with Crippen LogP contribution in [0.3, 0.4) is 0 Å². The fraction of sp³-hybridized carbons (Fsp3) is 0.588.